The van der Waals surface area contributed by atoms with Crippen molar-refractivity contribution in [1.82, 2.24) is 4.98 Å². The van der Waals surface area contributed by atoms with Crippen LogP contribution >= 0.6 is 0 Å². The molecule has 0 saturated heterocycles. The fourth-order valence-electron chi connectivity index (χ4n) is 2.06. The molecule has 0 bridgehead atoms. The van der Waals surface area contributed by atoms with Gasteiger partial charge in [0.15, 0.2) is 0 Å². The number of amides is 1. The highest BCUT2D eigenvalue weighted by molar-refractivity contribution is 7.93. The Labute approximate surface area is 137 Å². The first-order chi connectivity index (χ1) is 10.8. The Hall–Kier alpha value is -2.21. The number of pyridine rings is 1. The van der Waals surface area contributed by atoms with Crippen molar-refractivity contribution in [2.75, 3.05) is 25.3 Å². The van der Waals surface area contributed by atoms with Crippen molar-refractivity contribution >= 4 is 21.3 Å². The highest BCUT2D eigenvalue weighted by Gasteiger charge is 2.12. The van der Waals surface area contributed by atoms with Crippen molar-refractivity contribution in [3.05, 3.63) is 53.9 Å². The van der Waals surface area contributed by atoms with Gasteiger partial charge in [0.05, 0.1) is 15.3 Å². The molecule has 0 saturated carbocycles. The molecule has 0 spiro atoms. The van der Waals surface area contributed by atoms with E-state index in [4.69, 9.17) is 0 Å². The maximum atomic E-state index is 12.8. The minimum absolute atomic E-state index is 0.365. The quantitative estimate of drug-likeness (QED) is 0.864. The first-order valence-electron chi connectivity index (χ1n) is 7.31. The lowest BCUT2D eigenvalue weighted by atomic mass is 10.1. The molecule has 1 atom stereocenters. The molecule has 23 heavy (non-hydrogen) atoms. The molecular formula is C17H21N3O2S. The maximum absolute atomic E-state index is 12.8. The molecule has 1 aromatic heterocycles. The van der Waals surface area contributed by atoms with E-state index in [1.807, 2.05) is 38.1 Å². The Morgan fingerprint density at radius 2 is 1.87 bits per heavy atom. The highest BCUT2D eigenvalue weighted by atomic mass is 32.2. The SMILES string of the molecule is CCc1cncc(C(=O)N=[S@](C)(=O)c2ccc(N(C)C)cc2)c1. The van der Waals surface area contributed by atoms with Crippen LogP contribution in [0.2, 0.25) is 0 Å². The molecule has 122 valence electrons. The Balaban J connectivity index is 2.35. The van der Waals surface area contributed by atoms with Gasteiger partial charge in [-0.2, -0.15) is 4.36 Å². The van der Waals surface area contributed by atoms with E-state index in [0.717, 1.165) is 17.7 Å². The normalized spacial score (nSPS) is 13.2. The van der Waals surface area contributed by atoms with Crippen LogP contribution in [0.1, 0.15) is 22.8 Å². The standard InChI is InChI=1S/C17H21N3O2S/c1-5-13-10-14(12-18-11-13)17(21)19-23(4,22)16-8-6-15(7-9-16)20(2)3/h6-12H,5H2,1-4H3/t23-/m1/s1. The van der Waals surface area contributed by atoms with Crippen molar-refractivity contribution in [1.29, 1.82) is 0 Å². The number of aryl methyl sites for hydroxylation is 1. The minimum atomic E-state index is -2.79. The van der Waals surface area contributed by atoms with Gasteiger partial charge < -0.3 is 4.90 Å². The fraction of sp³-hybridized carbons (Fsp3) is 0.294. The summed E-state index contributed by atoms with van der Waals surface area (Å²) in [5.74, 6) is -0.503. The van der Waals surface area contributed by atoms with Crippen LogP contribution in [0, 0.1) is 0 Å². The van der Waals surface area contributed by atoms with E-state index in [1.165, 1.54) is 12.5 Å². The van der Waals surface area contributed by atoms with Crippen molar-refractivity contribution in [3.8, 4) is 0 Å². The molecule has 2 rings (SSSR count). The number of anilines is 1. The van der Waals surface area contributed by atoms with Crippen molar-refractivity contribution in [3.63, 3.8) is 0 Å². The van der Waals surface area contributed by atoms with E-state index >= 15 is 0 Å². The average molecular weight is 331 g/mol. The zero-order chi connectivity index (χ0) is 17.0. The largest absolute Gasteiger partial charge is 0.378 e. The molecule has 6 heteroatoms. The lowest BCUT2D eigenvalue weighted by molar-refractivity contribution is 0.100. The zero-order valence-electron chi connectivity index (χ0n) is 13.8. The number of carbonyl (C=O) groups is 1. The third-order valence-corrected chi connectivity index (χ3v) is 5.16. The molecule has 0 aliphatic carbocycles. The summed E-state index contributed by atoms with van der Waals surface area (Å²) in [6, 6.07) is 8.95. The van der Waals surface area contributed by atoms with E-state index in [2.05, 4.69) is 9.35 Å². The molecular weight excluding hydrogens is 310 g/mol. The molecule has 0 N–H and O–H groups in total. The zero-order valence-corrected chi connectivity index (χ0v) is 14.6. The van der Waals surface area contributed by atoms with Crippen LogP contribution in [-0.2, 0) is 16.1 Å². The van der Waals surface area contributed by atoms with Crippen molar-refractivity contribution in [2.24, 2.45) is 4.36 Å². The third kappa shape index (κ3) is 4.16. The first-order valence-corrected chi connectivity index (χ1v) is 9.23. The van der Waals surface area contributed by atoms with Gasteiger partial charge in [-0.25, -0.2) is 4.21 Å². The van der Waals surface area contributed by atoms with Gasteiger partial charge in [-0.15, -0.1) is 0 Å². The summed E-state index contributed by atoms with van der Waals surface area (Å²) in [6.07, 6.45) is 5.42. The van der Waals surface area contributed by atoms with E-state index in [-0.39, 0.29) is 0 Å². The molecule has 0 radical (unpaired) electrons. The number of nitrogens with zero attached hydrogens (tertiary/aromatic N) is 3. The van der Waals surface area contributed by atoms with Crippen LogP contribution in [0.25, 0.3) is 0 Å². The van der Waals surface area contributed by atoms with Crippen LogP contribution < -0.4 is 4.90 Å². The summed E-state index contributed by atoms with van der Waals surface area (Å²) < 4.78 is 16.7. The highest BCUT2D eigenvalue weighted by Crippen LogP contribution is 2.18. The van der Waals surface area contributed by atoms with Crippen LogP contribution in [0.3, 0.4) is 0 Å². The molecule has 1 heterocycles. The van der Waals surface area contributed by atoms with Crippen LogP contribution in [0.5, 0.6) is 0 Å². The summed E-state index contributed by atoms with van der Waals surface area (Å²) in [6.45, 7) is 1.98. The molecule has 5 nitrogen and oxygen atoms in total. The van der Waals surface area contributed by atoms with Gasteiger partial charge in [0.25, 0.3) is 5.91 Å². The second-order valence-corrected chi connectivity index (χ2v) is 7.78. The van der Waals surface area contributed by atoms with Gasteiger partial charge in [0.2, 0.25) is 0 Å². The summed E-state index contributed by atoms with van der Waals surface area (Å²) in [4.78, 5) is 18.8. The van der Waals surface area contributed by atoms with Gasteiger partial charge in [0, 0.05) is 43.3 Å². The number of aromatic nitrogens is 1. The Morgan fingerprint density at radius 1 is 1.22 bits per heavy atom. The molecule has 0 fully saturated rings. The summed E-state index contributed by atoms with van der Waals surface area (Å²) in [7, 11) is 1.07. The molecule has 1 amide bonds. The number of benzene rings is 1. The first kappa shape index (κ1) is 17.1. The summed E-state index contributed by atoms with van der Waals surface area (Å²) in [5, 5.41) is 0. The Morgan fingerprint density at radius 3 is 2.43 bits per heavy atom. The molecule has 0 aliphatic heterocycles. The van der Waals surface area contributed by atoms with Gasteiger partial charge in [-0.3, -0.25) is 9.78 Å². The van der Waals surface area contributed by atoms with Crippen LogP contribution in [-0.4, -0.2) is 35.5 Å². The molecule has 0 aliphatic rings. The van der Waals surface area contributed by atoms with E-state index in [0.29, 0.717) is 10.5 Å². The average Bonchev–Trinajstić information content (AvgIpc) is 2.54. The number of carbonyl (C=O) groups excluding carboxylic acids is 1. The topological polar surface area (TPSA) is 62.6 Å². The number of rotatable bonds is 4. The third-order valence-electron chi connectivity index (χ3n) is 3.50. The predicted molar refractivity (Wildman–Crippen MR) is 93.5 cm³/mol. The molecule has 2 aromatic rings. The lowest BCUT2D eigenvalue weighted by Crippen LogP contribution is -2.09. The van der Waals surface area contributed by atoms with Crippen LogP contribution in [0.4, 0.5) is 5.69 Å². The van der Waals surface area contributed by atoms with Gasteiger partial charge in [-0.1, -0.05) is 6.92 Å². The molecule has 0 unspecified atom stereocenters. The second kappa shape index (κ2) is 6.91. The summed E-state index contributed by atoms with van der Waals surface area (Å²) in [5.41, 5.74) is 2.31. The van der Waals surface area contributed by atoms with Crippen molar-refractivity contribution in [2.45, 2.75) is 18.2 Å². The summed E-state index contributed by atoms with van der Waals surface area (Å²) >= 11 is 0. The Bertz CT molecular complexity index is 820. The fourth-order valence-corrected chi connectivity index (χ4v) is 3.23. The van der Waals surface area contributed by atoms with Crippen LogP contribution in [0.15, 0.2) is 52.0 Å². The minimum Gasteiger partial charge on any atom is -0.378 e. The van der Waals surface area contributed by atoms with Crippen molar-refractivity contribution < 1.29 is 9.00 Å². The lowest BCUT2D eigenvalue weighted by Gasteiger charge is -2.13. The predicted octanol–water partition coefficient (Wildman–Crippen LogP) is 3.01. The monoisotopic (exact) mass is 331 g/mol. The number of hydrogen-bond donors (Lipinski definition) is 0. The number of hydrogen-bond acceptors (Lipinski definition) is 4. The van der Waals surface area contributed by atoms with E-state index in [1.54, 1.807) is 24.4 Å². The molecule has 1 aromatic carbocycles. The van der Waals surface area contributed by atoms with Gasteiger partial charge >= 0.3 is 0 Å². The van der Waals surface area contributed by atoms with Gasteiger partial charge in [-0.05, 0) is 42.3 Å². The van der Waals surface area contributed by atoms with E-state index < -0.39 is 15.6 Å². The Kier molecular flexibility index (Phi) is 5.15. The maximum Gasteiger partial charge on any atom is 0.286 e. The van der Waals surface area contributed by atoms with Gasteiger partial charge in [0.1, 0.15) is 0 Å². The smallest absolute Gasteiger partial charge is 0.286 e. The second-order valence-electron chi connectivity index (χ2n) is 5.52. The van der Waals surface area contributed by atoms with E-state index in [9.17, 15) is 9.00 Å².